The molecule has 0 aliphatic carbocycles. The van der Waals surface area contributed by atoms with Gasteiger partial charge in [0.2, 0.25) is 5.88 Å². The van der Waals surface area contributed by atoms with E-state index in [1.54, 1.807) is 4.90 Å². The first-order chi connectivity index (χ1) is 11.0. The third-order valence-electron chi connectivity index (χ3n) is 3.56. The van der Waals surface area contributed by atoms with E-state index in [-0.39, 0.29) is 23.6 Å². The molecule has 0 bridgehead atoms. The van der Waals surface area contributed by atoms with Gasteiger partial charge in [0.15, 0.2) is 0 Å². The second-order valence-electron chi connectivity index (χ2n) is 6.87. The molecule has 0 radical (unpaired) electrons. The highest BCUT2D eigenvalue weighted by Crippen LogP contribution is 2.29. The molecular formula is C16H22F3N3O2. The lowest BCUT2D eigenvalue weighted by Crippen LogP contribution is -2.51. The molecule has 0 aromatic carbocycles. The van der Waals surface area contributed by atoms with Crippen LogP contribution < -0.4 is 10.1 Å². The van der Waals surface area contributed by atoms with Crippen LogP contribution in [0.4, 0.5) is 18.0 Å². The number of halogens is 3. The smallest absolute Gasteiger partial charge is 0.417 e. The van der Waals surface area contributed by atoms with Gasteiger partial charge < -0.3 is 15.0 Å². The van der Waals surface area contributed by atoms with Crippen molar-refractivity contribution in [2.24, 2.45) is 0 Å². The second-order valence-corrected chi connectivity index (χ2v) is 6.87. The SMILES string of the molecule is CC(C)(C)NC(=O)N1CCC(Oc2ccc(C(F)(F)F)cn2)CC1. The average Bonchev–Trinajstić information content (AvgIpc) is 2.46. The van der Waals surface area contributed by atoms with Gasteiger partial charge in [0.05, 0.1) is 5.56 Å². The van der Waals surface area contributed by atoms with Crippen molar-refractivity contribution < 1.29 is 22.7 Å². The van der Waals surface area contributed by atoms with Crippen molar-refractivity contribution in [2.75, 3.05) is 13.1 Å². The van der Waals surface area contributed by atoms with Crippen molar-refractivity contribution in [3.63, 3.8) is 0 Å². The van der Waals surface area contributed by atoms with Crippen molar-refractivity contribution in [2.45, 2.75) is 51.4 Å². The molecule has 24 heavy (non-hydrogen) atoms. The molecule has 1 aliphatic heterocycles. The third-order valence-corrected chi connectivity index (χ3v) is 3.56. The summed E-state index contributed by atoms with van der Waals surface area (Å²) >= 11 is 0. The van der Waals surface area contributed by atoms with Crippen LogP contribution in [0.1, 0.15) is 39.2 Å². The van der Waals surface area contributed by atoms with Crippen LogP contribution in [0.3, 0.4) is 0 Å². The number of nitrogens with zero attached hydrogens (tertiary/aromatic N) is 2. The Balaban J connectivity index is 1.84. The van der Waals surface area contributed by atoms with Gasteiger partial charge >= 0.3 is 12.2 Å². The summed E-state index contributed by atoms with van der Waals surface area (Å²) in [5.74, 6) is 0.167. The third kappa shape index (κ3) is 5.28. The van der Waals surface area contributed by atoms with Gasteiger partial charge in [-0.05, 0) is 26.8 Å². The summed E-state index contributed by atoms with van der Waals surface area (Å²) < 4.78 is 43.1. The maximum absolute atomic E-state index is 12.5. The van der Waals surface area contributed by atoms with Crippen LogP contribution in [0.15, 0.2) is 18.3 Å². The van der Waals surface area contributed by atoms with E-state index < -0.39 is 11.7 Å². The van der Waals surface area contributed by atoms with Gasteiger partial charge in [-0.1, -0.05) is 0 Å². The van der Waals surface area contributed by atoms with Gasteiger partial charge in [0.25, 0.3) is 0 Å². The number of rotatable bonds is 2. The number of alkyl halides is 3. The number of carbonyl (C=O) groups is 1. The van der Waals surface area contributed by atoms with Crippen molar-refractivity contribution in [1.29, 1.82) is 0 Å². The summed E-state index contributed by atoms with van der Waals surface area (Å²) in [4.78, 5) is 17.5. The predicted octanol–water partition coefficient (Wildman–Crippen LogP) is 3.45. The van der Waals surface area contributed by atoms with E-state index in [4.69, 9.17) is 4.74 Å². The molecule has 1 aliphatic rings. The molecule has 1 fully saturated rings. The molecule has 0 atom stereocenters. The predicted molar refractivity (Wildman–Crippen MR) is 82.7 cm³/mol. The number of urea groups is 1. The number of nitrogens with one attached hydrogen (secondary N) is 1. The number of ether oxygens (including phenoxy) is 1. The second kappa shape index (κ2) is 6.86. The van der Waals surface area contributed by atoms with Crippen molar-refractivity contribution in [3.8, 4) is 5.88 Å². The fourth-order valence-electron chi connectivity index (χ4n) is 2.37. The normalized spacial score (nSPS) is 16.8. The monoisotopic (exact) mass is 345 g/mol. The van der Waals surface area contributed by atoms with Crippen LogP contribution in [0.25, 0.3) is 0 Å². The minimum Gasteiger partial charge on any atom is -0.474 e. The number of aromatic nitrogens is 1. The summed E-state index contributed by atoms with van der Waals surface area (Å²) in [5.41, 5.74) is -1.10. The topological polar surface area (TPSA) is 54.5 Å². The Kier molecular flexibility index (Phi) is 5.25. The van der Waals surface area contributed by atoms with Crippen molar-refractivity contribution in [3.05, 3.63) is 23.9 Å². The van der Waals surface area contributed by atoms with Crippen LogP contribution in [0, 0.1) is 0 Å². The summed E-state index contributed by atoms with van der Waals surface area (Å²) in [6.45, 7) is 6.81. The van der Waals surface area contributed by atoms with Crippen LogP contribution in [0.2, 0.25) is 0 Å². The first kappa shape index (κ1) is 18.4. The van der Waals surface area contributed by atoms with E-state index in [2.05, 4.69) is 10.3 Å². The fraction of sp³-hybridized carbons (Fsp3) is 0.625. The van der Waals surface area contributed by atoms with E-state index in [9.17, 15) is 18.0 Å². The van der Waals surface area contributed by atoms with Gasteiger partial charge in [-0.3, -0.25) is 0 Å². The van der Waals surface area contributed by atoms with Crippen molar-refractivity contribution in [1.82, 2.24) is 15.2 Å². The number of hydrogen-bond donors (Lipinski definition) is 1. The molecule has 1 aromatic heterocycles. The number of pyridine rings is 1. The molecule has 5 nitrogen and oxygen atoms in total. The van der Waals surface area contributed by atoms with Gasteiger partial charge in [-0.2, -0.15) is 13.2 Å². The maximum Gasteiger partial charge on any atom is 0.417 e. The van der Waals surface area contributed by atoms with Crippen LogP contribution >= 0.6 is 0 Å². The first-order valence-electron chi connectivity index (χ1n) is 7.81. The Bertz CT molecular complexity index is 559. The van der Waals surface area contributed by atoms with Gasteiger partial charge in [0.1, 0.15) is 6.10 Å². The van der Waals surface area contributed by atoms with Gasteiger partial charge in [-0.15, -0.1) is 0 Å². The van der Waals surface area contributed by atoms with Crippen LogP contribution in [-0.2, 0) is 6.18 Å². The summed E-state index contributed by atoms with van der Waals surface area (Å²) in [6, 6.07) is 2.06. The molecule has 1 saturated heterocycles. The number of hydrogen-bond acceptors (Lipinski definition) is 3. The van der Waals surface area contributed by atoms with Gasteiger partial charge in [0, 0.05) is 43.7 Å². The standard InChI is InChI=1S/C16H22F3N3O2/c1-15(2,3)21-14(23)22-8-6-12(7-9-22)24-13-5-4-11(10-20-13)16(17,18)19/h4-5,10,12H,6-9H2,1-3H3,(H,21,23). The lowest BCUT2D eigenvalue weighted by Gasteiger charge is -2.34. The molecule has 0 saturated carbocycles. The Labute approximate surface area is 139 Å². The zero-order valence-corrected chi connectivity index (χ0v) is 14.0. The van der Waals surface area contributed by atoms with E-state index in [0.717, 1.165) is 12.3 Å². The Morgan fingerprint density at radius 3 is 2.33 bits per heavy atom. The molecule has 2 amide bonds. The molecule has 2 heterocycles. The summed E-state index contributed by atoms with van der Waals surface area (Å²) in [7, 11) is 0. The number of piperidine rings is 1. The molecule has 2 rings (SSSR count). The average molecular weight is 345 g/mol. The zero-order valence-electron chi connectivity index (χ0n) is 14.0. The quantitative estimate of drug-likeness (QED) is 0.893. The maximum atomic E-state index is 12.5. The fourth-order valence-corrected chi connectivity index (χ4v) is 2.37. The molecule has 0 unspecified atom stereocenters. The van der Waals surface area contributed by atoms with Gasteiger partial charge in [-0.25, -0.2) is 9.78 Å². The van der Waals surface area contributed by atoms with E-state index in [1.807, 2.05) is 20.8 Å². The van der Waals surface area contributed by atoms with E-state index in [1.165, 1.54) is 6.07 Å². The number of amides is 2. The van der Waals surface area contributed by atoms with Crippen molar-refractivity contribution >= 4 is 6.03 Å². The lowest BCUT2D eigenvalue weighted by atomic mass is 10.1. The minimum atomic E-state index is -4.41. The summed E-state index contributed by atoms with van der Waals surface area (Å²) in [6.07, 6.45) is -2.58. The minimum absolute atomic E-state index is 0.117. The molecule has 134 valence electrons. The van der Waals surface area contributed by atoms with Crippen LogP contribution in [-0.4, -0.2) is 40.6 Å². The highest BCUT2D eigenvalue weighted by atomic mass is 19.4. The largest absolute Gasteiger partial charge is 0.474 e. The Morgan fingerprint density at radius 2 is 1.88 bits per heavy atom. The Hall–Kier alpha value is -1.99. The Morgan fingerprint density at radius 1 is 1.25 bits per heavy atom. The molecule has 0 spiro atoms. The van der Waals surface area contributed by atoms with Crippen LogP contribution in [0.5, 0.6) is 5.88 Å². The highest BCUT2D eigenvalue weighted by molar-refractivity contribution is 5.75. The first-order valence-corrected chi connectivity index (χ1v) is 7.81. The lowest BCUT2D eigenvalue weighted by molar-refractivity contribution is -0.137. The molecule has 1 N–H and O–H groups in total. The summed E-state index contributed by atoms with van der Waals surface area (Å²) in [5, 5.41) is 2.90. The zero-order chi connectivity index (χ0) is 18.0. The number of carbonyl (C=O) groups excluding carboxylic acids is 1. The number of likely N-dealkylation sites (tertiary alicyclic amines) is 1. The molecule has 1 aromatic rings. The van der Waals surface area contributed by atoms with E-state index >= 15 is 0 Å². The molecule has 8 heteroatoms. The van der Waals surface area contributed by atoms with E-state index in [0.29, 0.717) is 25.9 Å². The highest BCUT2D eigenvalue weighted by Gasteiger charge is 2.31. The molecular weight excluding hydrogens is 323 g/mol.